The van der Waals surface area contributed by atoms with Gasteiger partial charge in [0.25, 0.3) is 0 Å². The molecular formula is C14H24N4. The molecule has 4 nitrogen and oxygen atoms in total. The van der Waals surface area contributed by atoms with Crippen LogP contribution in [0.25, 0.3) is 0 Å². The smallest absolute Gasteiger partial charge is 0.0945 e. The predicted octanol–water partition coefficient (Wildman–Crippen LogP) is 1.34. The summed E-state index contributed by atoms with van der Waals surface area (Å²) < 4.78 is 2.14. The number of aryl methyl sites for hydroxylation is 1. The van der Waals surface area contributed by atoms with E-state index < -0.39 is 0 Å². The Morgan fingerprint density at radius 3 is 2.89 bits per heavy atom. The average Bonchev–Trinajstić information content (AvgIpc) is 2.53. The number of likely N-dealkylation sites (tertiary alicyclic amines) is 1. The van der Waals surface area contributed by atoms with E-state index in [0.29, 0.717) is 0 Å². The number of imidazole rings is 1. The minimum Gasteiger partial charge on any atom is -0.337 e. The number of rotatable bonds is 2. The summed E-state index contributed by atoms with van der Waals surface area (Å²) in [6.07, 6.45) is 8.10. The highest BCUT2D eigenvalue weighted by molar-refractivity contribution is 4.98. The monoisotopic (exact) mass is 248 g/mol. The molecule has 0 spiro atoms. The number of nitrogens with zero attached hydrogens (tertiary/aromatic N) is 4. The van der Waals surface area contributed by atoms with E-state index in [9.17, 15) is 0 Å². The van der Waals surface area contributed by atoms with Crippen molar-refractivity contribution < 1.29 is 0 Å². The first-order valence-corrected chi connectivity index (χ1v) is 7.10. The lowest BCUT2D eigenvalue weighted by molar-refractivity contribution is 0.184. The SMILES string of the molecule is CN1C[C@@H]2CCC[C@H]1CN(Cc1cncn1C)C2. The molecule has 0 radical (unpaired) electrons. The Morgan fingerprint density at radius 1 is 1.22 bits per heavy atom. The summed E-state index contributed by atoms with van der Waals surface area (Å²) in [6, 6.07) is 0.755. The molecule has 0 aromatic carbocycles. The van der Waals surface area contributed by atoms with E-state index in [1.165, 1.54) is 44.6 Å². The van der Waals surface area contributed by atoms with E-state index in [1.54, 1.807) is 0 Å². The fourth-order valence-corrected chi connectivity index (χ4v) is 3.52. The average molecular weight is 248 g/mol. The molecule has 0 amide bonds. The van der Waals surface area contributed by atoms with Gasteiger partial charge in [0.05, 0.1) is 12.0 Å². The lowest BCUT2D eigenvalue weighted by atomic mass is 10.00. The van der Waals surface area contributed by atoms with E-state index in [2.05, 4.69) is 33.4 Å². The predicted molar refractivity (Wildman–Crippen MR) is 72.2 cm³/mol. The largest absolute Gasteiger partial charge is 0.337 e. The van der Waals surface area contributed by atoms with Crippen molar-refractivity contribution in [3.63, 3.8) is 0 Å². The number of hydrogen-bond donors (Lipinski definition) is 0. The zero-order chi connectivity index (χ0) is 12.5. The Kier molecular flexibility index (Phi) is 3.39. The Morgan fingerprint density at radius 2 is 2.11 bits per heavy atom. The van der Waals surface area contributed by atoms with Crippen molar-refractivity contribution in [3.05, 3.63) is 18.2 Å². The van der Waals surface area contributed by atoms with Crippen molar-refractivity contribution in [3.8, 4) is 0 Å². The third-order valence-electron chi connectivity index (χ3n) is 4.61. The lowest BCUT2D eigenvalue weighted by Gasteiger charge is -2.29. The van der Waals surface area contributed by atoms with Gasteiger partial charge in [0.1, 0.15) is 0 Å². The molecule has 0 saturated carbocycles. The van der Waals surface area contributed by atoms with Gasteiger partial charge in [0.2, 0.25) is 0 Å². The first kappa shape index (κ1) is 12.2. The highest BCUT2D eigenvalue weighted by Crippen LogP contribution is 2.26. The first-order chi connectivity index (χ1) is 8.72. The Bertz CT molecular complexity index is 400. The first-order valence-electron chi connectivity index (χ1n) is 7.10. The molecule has 4 heteroatoms. The van der Waals surface area contributed by atoms with Crippen molar-refractivity contribution in [2.24, 2.45) is 13.0 Å². The lowest BCUT2D eigenvalue weighted by Crippen LogP contribution is -2.38. The van der Waals surface area contributed by atoms with Gasteiger partial charge in [-0.15, -0.1) is 0 Å². The van der Waals surface area contributed by atoms with Crippen LogP contribution in [0.2, 0.25) is 0 Å². The van der Waals surface area contributed by atoms with Crippen LogP contribution in [0.3, 0.4) is 0 Å². The molecule has 2 atom stereocenters. The second kappa shape index (κ2) is 5.02. The van der Waals surface area contributed by atoms with Gasteiger partial charge >= 0.3 is 0 Å². The molecule has 1 aromatic heterocycles. The molecular weight excluding hydrogens is 224 g/mol. The van der Waals surface area contributed by atoms with Crippen LogP contribution in [0.5, 0.6) is 0 Å². The molecule has 2 bridgehead atoms. The summed E-state index contributed by atoms with van der Waals surface area (Å²) in [5, 5.41) is 0. The van der Waals surface area contributed by atoms with Crippen LogP contribution in [0, 0.1) is 5.92 Å². The minimum absolute atomic E-state index is 0.755. The Labute approximate surface area is 110 Å². The second-order valence-electron chi connectivity index (χ2n) is 6.08. The van der Waals surface area contributed by atoms with E-state index in [-0.39, 0.29) is 0 Å². The van der Waals surface area contributed by atoms with Crippen LogP contribution in [-0.4, -0.2) is 52.1 Å². The summed E-state index contributed by atoms with van der Waals surface area (Å²) in [4.78, 5) is 9.44. The van der Waals surface area contributed by atoms with Gasteiger partial charge in [-0.3, -0.25) is 4.90 Å². The van der Waals surface area contributed by atoms with E-state index in [0.717, 1.165) is 18.5 Å². The van der Waals surface area contributed by atoms with Crippen LogP contribution in [0.15, 0.2) is 12.5 Å². The normalized spacial score (nSPS) is 30.3. The highest BCUT2D eigenvalue weighted by atomic mass is 15.2. The van der Waals surface area contributed by atoms with Gasteiger partial charge < -0.3 is 9.47 Å². The number of fused-ring (bicyclic) bond motifs is 3. The second-order valence-corrected chi connectivity index (χ2v) is 6.08. The molecule has 18 heavy (non-hydrogen) atoms. The zero-order valence-corrected chi connectivity index (χ0v) is 11.5. The van der Waals surface area contributed by atoms with Crippen LogP contribution in [0.4, 0.5) is 0 Å². The third-order valence-corrected chi connectivity index (χ3v) is 4.61. The maximum atomic E-state index is 4.22. The van der Waals surface area contributed by atoms with E-state index in [4.69, 9.17) is 0 Å². The van der Waals surface area contributed by atoms with E-state index >= 15 is 0 Å². The summed E-state index contributed by atoms with van der Waals surface area (Å²) in [5.41, 5.74) is 1.33. The molecule has 3 heterocycles. The zero-order valence-electron chi connectivity index (χ0n) is 11.5. The summed E-state index contributed by atoms with van der Waals surface area (Å²) in [6.45, 7) is 4.81. The summed E-state index contributed by atoms with van der Waals surface area (Å²) in [5.74, 6) is 0.857. The molecule has 2 aliphatic rings. The Hall–Kier alpha value is -0.870. The quantitative estimate of drug-likeness (QED) is 0.789. The van der Waals surface area contributed by atoms with Crippen molar-refractivity contribution >= 4 is 0 Å². The van der Waals surface area contributed by atoms with Crippen LogP contribution < -0.4 is 0 Å². The highest BCUT2D eigenvalue weighted by Gasteiger charge is 2.30. The number of hydrogen-bond acceptors (Lipinski definition) is 3. The van der Waals surface area contributed by atoms with Gasteiger partial charge in [0, 0.05) is 45.5 Å². The van der Waals surface area contributed by atoms with Gasteiger partial charge in [-0.05, 0) is 25.8 Å². The molecule has 3 rings (SSSR count). The van der Waals surface area contributed by atoms with Crippen molar-refractivity contribution in [2.75, 3.05) is 26.7 Å². The van der Waals surface area contributed by atoms with Crippen LogP contribution >= 0.6 is 0 Å². The van der Waals surface area contributed by atoms with Crippen molar-refractivity contribution in [1.29, 1.82) is 0 Å². The maximum Gasteiger partial charge on any atom is 0.0945 e. The van der Waals surface area contributed by atoms with Crippen LogP contribution in [0.1, 0.15) is 25.0 Å². The standard InChI is InChI=1S/C14H24N4/c1-16-7-12-4-3-5-13(16)9-18(8-12)10-14-6-15-11-17(14)2/h6,11-13H,3-5,7-10H2,1-2H3/t12-,13-/m0/s1. The van der Waals surface area contributed by atoms with Gasteiger partial charge in [-0.25, -0.2) is 4.98 Å². The third kappa shape index (κ3) is 2.45. The fourth-order valence-electron chi connectivity index (χ4n) is 3.52. The van der Waals surface area contributed by atoms with Gasteiger partial charge in [-0.1, -0.05) is 6.42 Å². The molecule has 2 fully saturated rings. The molecule has 2 aliphatic heterocycles. The topological polar surface area (TPSA) is 24.3 Å². The molecule has 0 unspecified atom stereocenters. The molecule has 1 aromatic rings. The van der Waals surface area contributed by atoms with Crippen molar-refractivity contribution in [1.82, 2.24) is 19.4 Å². The number of aromatic nitrogens is 2. The minimum atomic E-state index is 0.755. The number of likely N-dealkylation sites (N-methyl/N-ethyl adjacent to an activating group) is 1. The molecule has 2 saturated heterocycles. The van der Waals surface area contributed by atoms with Gasteiger partial charge in [0.15, 0.2) is 0 Å². The fraction of sp³-hybridized carbons (Fsp3) is 0.786. The molecule has 0 N–H and O–H groups in total. The van der Waals surface area contributed by atoms with E-state index in [1.807, 2.05) is 12.5 Å². The maximum absolute atomic E-state index is 4.22. The van der Waals surface area contributed by atoms with Crippen LogP contribution in [-0.2, 0) is 13.6 Å². The van der Waals surface area contributed by atoms with Gasteiger partial charge in [-0.2, -0.15) is 0 Å². The summed E-state index contributed by atoms with van der Waals surface area (Å²) in [7, 11) is 4.39. The Balaban J connectivity index is 1.72. The van der Waals surface area contributed by atoms with Crippen molar-refractivity contribution in [2.45, 2.75) is 31.8 Å². The summed E-state index contributed by atoms with van der Waals surface area (Å²) >= 11 is 0. The molecule has 0 aliphatic carbocycles. The molecule has 100 valence electrons.